The topological polar surface area (TPSA) is 88.9 Å². The Morgan fingerprint density at radius 3 is 2.20 bits per heavy atom. The third kappa shape index (κ3) is 3.43. The molecule has 0 bridgehead atoms. The highest BCUT2D eigenvalue weighted by atomic mass is 16.6. The summed E-state index contributed by atoms with van der Waals surface area (Å²) >= 11 is 0. The zero-order valence-corrected chi connectivity index (χ0v) is 16.6. The maximum atomic E-state index is 11.5. The first kappa shape index (κ1) is 19.4. The minimum atomic E-state index is -0.617. The van der Waals surface area contributed by atoms with Crippen molar-refractivity contribution in [2.45, 2.75) is 19.9 Å². The Morgan fingerprint density at radius 2 is 1.63 bits per heavy atom. The quantitative estimate of drug-likeness (QED) is 0.245. The highest BCUT2D eigenvalue weighted by Gasteiger charge is 2.27. The van der Waals surface area contributed by atoms with E-state index in [1.165, 1.54) is 12.3 Å². The number of rotatable bonds is 5. The normalized spacial score (nSPS) is 11.6. The zero-order valence-electron chi connectivity index (χ0n) is 16.6. The molecule has 0 saturated carbocycles. The molecule has 0 saturated heterocycles. The van der Waals surface area contributed by atoms with Gasteiger partial charge in [-0.05, 0) is 19.4 Å². The van der Waals surface area contributed by atoms with Crippen LogP contribution in [0.5, 0.6) is 5.75 Å². The average Bonchev–Trinajstić information content (AvgIpc) is 3.13. The second-order valence-corrected chi connectivity index (χ2v) is 7.20. The fourth-order valence-electron chi connectivity index (χ4n) is 3.43. The molecule has 0 radical (unpaired) electrons. The molecule has 30 heavy (non-hydrogen) atoms. The molecular weight excluding hydrogens is 380 g/mol. The van der Waals surface area contributed by atoms with Crippen molar-refractivity contribution in [3.8, 4) is 28.2 Å². The van der Waals surface area contributed by atoms with E-state index in [4.69, 9.17) is 4.42 Å². The lowest BCUT2D eigenvalue weighted by Crippen LogP contribution is -1.96. The van der Waals surface area contributed by atoms with Crippen molar-refractivity contribution < 1.29 is 14.4 Å². The predicted molar refractivity (Wildman–Crippen MR) is 118 cm³/mol. The van der Waals surface area contributed by atoms with Crippen LogP contribution in [-0.4, -0.2) is 22.3 Å². The minimum Gasteiger partial charge on any atom is -0.502 e. The fraction of sp³-hybridized carbons (Fsp3) is 0.125. The van der Waals surface area contributed by atoms with Crippen molar-refractivity contribution in [1.82, 2.24) is 0 Å². The van der Waals surface area contributed by atoms with Crippen LogP contribution in [0.4, 0.5) is 5.69 Å². The van der Waals surface area contributed by atoms with Crippen LogP contribution < -0.4 is 0 Å². The number of hydrogen-bond donors (Lipinski definition) is 1. The Balaban J connectivity index is 2.16. The first-order valence-electron chi connectivity index (χ1n) is 9.58. The smallest absolute Gasteiger partial charge is 0.315 e. The summed E-state index contributed by atoms with van der Waals surface area (Å²) in [6.07, 6.45) is 1.49. The van der Waals surface area contributed by atoms with Crippen LogP contribution in [0, 0.1) is 10.1 Å². The number of aliphatic imine (C=N–C) groups is 1. The maximum Gasteiger partial charge on any atom is 0.315 e. The average molecular weight is 400 g/mol. The summed E-state index contributed by atoms with van der Waals surface area (Å²) in [6, 6.07) is 20.4. The first-order valence-corrected chi connectivity index (χ1v) is 9.58. The molecule has 4 rings (SSSR count). The zero-order chi connectivity index (χ0) is 21.3. The second-order valence-electron chi connectivity index (χ2n) is 7.20. The number of hydrogen-bond acceptors (Lipinski definition) is 5. The van der Waals surface area contributed by atoms with Gasteiger partial charge in [0.2, 0.25) is 5.75 Å². The van der Waals surface area contributed by atoms with Gasteiger partial charge in [-0.2, -0.15) is 0 Å². The number of aromatic hydroxyl groups is 1. The highest BCUT2D eigenvalue weighted by molar-refractivity contribution is 6.13. The first-order chi connectivity index (χ1) is 14.5. The molecular formula is C24H20N2O4. The van der Waals surface area contributed by atoms with Crippen molar-refractivity contribution in [2.75, 3.05) is 0 Å². The van der Waals surface area contributed by atoms with Gasteiger partial charge in [-0.25, -0.2) is 0 Å². The van der Waals surface area contributed by atoms with Crippen LogP contribution in [0.25, 0.3) is 33.4 Å². The summed E-state index contributed by atoms with van der Waals surface area (Å²) < 4.78 is 6.16. The lowest BCUT2D eigenvalue weighted by molar-refractivity contribution is -0.385. The number of nitrogens with zero attached hydrogens (tertiary/aromatic N) is 2. The van der Waals surface area contributed by atoms with Gasteiger partial charge < -0.3 is 9.52 Å². The van der Waals surface area contributed by atoms with Gasteiger partial charge in [-0.15, -0.1) is 0 Å². The molecule has 0 amide bonds. The van der Waals surface area contributed by atoms with Crippen LogP contribution in [0.2, 0.25) is 0 Å². The van der Waals surface area contributed by atoms with Gasteiger partial charge in [0.1, 0.15) is 11.3 Å². The van der Waals surface area contributed by atoms with E-state index in [0.29, 0.717) is 16.7 Å². The largest absolute Gasteiger partial charge is 0.502 e. The Labute approximate surface area is 173 Å². The molecule has 1 aromatic heterocycles. The van der Waals surface area contributed by atoms with Crippen LogP contribution in [0.1, 0.15) is 19.4 Å². The van der Waals surface area contributed by atoms with E-state index in [9.17, 15) is 15.2 Å². The van der Waals surface area contributed by atoms with E-state index in [0.717, 1.165) is 16.7 Å². The van der Waals surface area contributed by atoms with Gasteiger partial charge in [0.05, 0.1) is 16.6 Å². The molecule has 0 fully saturated rings. The molecule has 3 aromatic carbocycles. The highest BCUT2D eigenvalue weighted by Crippen LogP contribution is 2.46. The molecule has 0 aliphatic carbocycles. The third-order valence-electron chi connectivity index (χ3n) is 4.77. The molecule has 4 aromatic rings. The van der Waals surface area contributed by atoms with E-state index in [1.54, 1.807) is 0 Å². The summed E-state index contributed by atoms with van der Waals surface area (Å²) in [5.41, 5.74) is 2.65. The van der Waals surface area contributed by atoms with Crippen LogP contribution in [0.15, 0.2) is 76.1 Å². The monoisotopic (exact) mass is 400 g/mol. The molecule has 0 aliphatic heterocycles. The minimum absolute atomic E-state index is 0.0422. The summed E-state index contributed by atoms with van der Waals surface area (Å²) in [7, 11) is 0. The number of nitro benzene ring substituents is 1. The van der Waals surface area contributed by atoms with E-state index in [2.05, 4.69) is 4.99 Å². The third-order valence-corrected chi connectivity index (χ3v) is 4.77. The van der Waals surface area contributed by atoms with Gasteiger partial charge in [0, 0.05) is 28.8 Å². The lowest BCUT2D eigenvalue weighted by Gasteiger charge is -2.07. The summed E-state index contributed by atoms with van der Waals surface area (Å²) in [5, 5.41) is 22.9. The molecule has 0 unspecified atom stereocenters. The summed E-state index contributed by atoms with van der Waals surface area (Å²) in [5.74, 6) is 0.158. The van der Waals surface area contributed by atoms with Crippen molar-refractivity contribution in [2.24, 2.45) is 4.99 Å². The number of benzene rings is 3. The molecule has 0 spiro atoms. The molecule has 0 atom stereocenters. The predicted octanol–water partition coefficient (Wildman–Crippen LogP) is 6.21. The lowest BCUT2D eigenvalue weighted by atomic mass is 9.95. The Kier molecular flexibility index (Phi) is 5.06. The van der Waals surface area contributed by atoms with Gasteiger partial charge in [0.25, 0.3) is 0 Å². The molecule has 6 heteroatoms. The van der Waals surface area contributed by atoms with E-state index in [1.807, 2.05) is 74.5 Å². The number of phenolic OH excluding ortho intramolecular Hbond substituents is 1. The van der Waals surface area contributed by atoms with E-state index >= 15 is 0 Å². The molecule has 150 valence electrons. The van der Waals surface area contributed by atoms with Gasteiger partial charge >= 0.3 is 5.69 Å². The van der Waals surface area contributed by atoms with E-state index < -0.39 is 16.4 Å². The molecule has 1 heterocycles. The second kappa shape index (κ2) is 7.83. The van der Waals surface area contributed by atoms with E-state index in [-0.39, 0.29) is 11.6 Å². The SMILES string of the molecule is CC(C)N=Cc1c(O)c([N+](=O)[O-])cc2oc(-c3ccccc3)c(-c3ccccc3)c12. The van der Waals surface area contributed by atoms with Crippen LogP contribution >= 0.6 is 0 Å². The van der Waals surface area contributed by atoms with Crippen LogP contribution in [0.3, 0.4) is 0 Å². The van der Waals surface area contributed by atoms with Crippen molar-refractivity contribution in [3.63, 3.8) is 0 Å². The molecule has 0 aliphatic rings. The fourth-order valence-corrected chi connectivity index (χ4v) is 3.43. The van der Waals surface area contributed by atoms with Crippen LogP contribution in [-0.2, 0) is 0 Å². The Hall–Kier alpha value is -3.93. The number of furan rings is 1. The van der Waals surface area contributed by atoms with Gasteiger partial charge in [0.15, 0.2) is 0 Å². The molecule has 6 nitrogen and oxygen atoms in total. The Morgan fingerprint density at radius 1 is 1.03 bits per heavy atom. The maximum absolute atomic E-state index is 11.5. The summed E-state index contributed by atoms with van der Waals surface area (Å²) in [4.78, 5) is 15.3. The number of fused-ring (bicyclic) bond motifs is 1. The van der Waals surface area contributed by atoms with Gasteiger partial charge in [-0.3, -0.25) is 15.1 Å². The summed E-state index contributed by atoms with van der Waals surface area (Å²) in [6.45, 7) is 3.79. The Bertz CT molecular complexity index is 1240. The number of phenols is 1. The van der Waals surface area contributed by atoms with Crippen molar-refractivity contribution in [1.29, 1.82) is 0 Å². The van der Waals surface area contributed by atoms with Gasteiger partial charge in [-0.1, -0.05) is 60.7 Å². The van der Waals surface area contributed by atoms with Crippen molar-refractivity contribution >= 4 is 22.9 Å². The number of nitro groups is 1. The van der Waals surface area contributed by atoms with Crippen molar-refractivity contribution in [3.05, 3.63) is 82.4 Å². The standard InChI is InChI=1S/C24H20N2O4/c1-15(2)25-14-18-22-20(13-19(23(18)27)26(28)29)30-24(17-11-7-4-8-12-17)21(22)16-9-5-3-6-10-16/h3-15,27H,1-2H3. The molecule has 1 N–H and O–H groups in total.